The second kappa shape index (κ2) is 7.67. The van der Waals surface area contributed by atoms with Gasteiger partial charge in [-0.05, 0) is 25.0 Å². The van der Waals surface area contributed by atoms with Gasteiger partial charge in [-0.1, -0.05) is 0 Å². The minimum Gasteiger partial charge on any atom is -0.507 e. The van der Waals surface area contributed by atoms with E-state index >= 15 is 0 Å². The lowest BCUT2D eigenvalue weighted by Gasteiger charge is -2.30. The first-order valence-corrected chi connectivity index (χ1v) is 7.53. The van der Waals surface area contributed by atoms with Crippen LogP contribution in [0, 0.1) is 5.92 Å². The van der Waals surface area contributed by atoms with Crippen molar-refractivity contribution in [3.8, 4) is 11.5 Å². The number of nitrogens with two attached hydrogens (primary N) is 1. The SMILES string of the molecule is COc1ccc(C(=O)OCC(=O)N2CCC(C(N)=O)CC2)c(O)c1. The number of ether oxygens (including phenoxy) is 2. The summed E-state index contributed by atoms with van der Waals surface area (Å²) < 4.78 is 9.88. The maximum absolute atomic E-state index is 12.0. The monoisotopic (exact) mass is 336 g/mol. The van der Waals surface area contributed by atoms with E-state index in [1.807, 2.05) is 0 Å². The van der Waals surface area contributed by atoms with Gasteiger partial charge in [0.1, 0.15) is 17.1 Å². The molecule has 0 aliphatic carbocycles. The molecule has 2 amide bonds. The number of likely N-dealkylation sites (tertiary alicyclic amines) is 1. The maximum atomic E-state index is 12.0. The molecule has 0 bridgehead atoms. The zero-order valence-electron chi connectivity index (χ0n) is 13.4. The molecule has 0 atom stereocenters. The molecule has 130 valence electrons. The number of aromatic hydroxyl groups is 1. The van der Waals surface area contributed by atoms with Gasteiger partial charge in [0.25, 0.3) is 5.91 Å². The summed E-state index contributed by atoms with van der Waals surface area (Å²) in [5.74, 6) is -1.60. The van der Waals surface area contributed by atoms with Crippen LogP contribution in [0.5, 0.6) is 11.5 Å². The predicted molar refractivity (Wildman–Crippen MR) is 83.4 cm³/mol. The Hall–Kier alpha value is -2.77. The number of phenols is 1. The van der Waals surface area contributed by atoms with Crippen molar-refractivity contribution >= 4 is 17.8 Å². The molecular formula is C16H20N2O6. The van der Waals surface area contributed by atoms with E-state index in [4.69, 9.17) is 15.2 Å². The van der Waals surface area contributed by atoms with Crippen molar-refractivity contribution in [1.82, 2.24) is 4.90 Å². The fraction of sp³-hybridized carbons (Fsp3) is 0.438. The topological polar surface area (TPSA) is 119 Å². The van der Waals surface area contributed by atoms with Gasteiger partial charge >= 0.3 is 5.97 Å². The summed E-state index contributed by atoms with van der Waals surface area (Å²) in [5, 5.41) is 9.77. The Kier molecular flexibility index (Phi) is 5.62. The fourth-order valence-electron chi connectivity index (χ4n) is 2.52. The molecule has 1 aliphatic rings. The summed E-state index contributed by atoms with van der Waals surface area (Å²) in [4.78, 5) is 36.6. The van der Waals surface area contributed by atoms with Crippen LogP contribution in [-0.2, 0) is 14.3 Å². The lowest BCUT2D eigenvalue weighted by atomic mass is 9.96. The lowest BCUT2D eigenvalue weighted by molar-refractivity contribution is -0.137. The van der Waals surface area contributed by atoms with Crippen LogP contribution >= 0.6 is 0 Å². The molecule has 1 heterocycles. The average Bonchev–Trinajstić information content (AvgIpc) is 2.59. The first-order chi connectivity index (χ1) is 11.4. The van der Waals surface area contributed by atoms with E-state index in [0.29, 0.717) is 31.7 Å². The molecule has 2 rings (SSSR count). The summed E-state index contributed by atoms with van der Waals surface area (Å²) in [6.07, 6.45) is 1.02. The van der Waals surface area contributed by atoms with E-state index in [1.54, 1.807) is 0 Å². The molecule has 0 spiro atoms. The van der Waals surface area contributed by atoms with E-state index in [-0.39, 0.29) is 29.0 Å². The van der Waals surface area contributed by atoms with Gasteiger partial charge in [0.2, 0.25) is 5.91 Å². The number of nitrogens with zero attached hydrogens (tertiary/aromatic N) is 1. The fourth-order valence-corrected chi connectivity index (χ4v) is 2.52. The first kappa shape index (κ1) is 17.6. The smallest absolute Gasteiger partial charge is 0.342 e. The zero-order valence-corrected chi connectivity index (χ0v) is 13.4. The molecule has 0 radical (unpaired) electrons. The van der Waals surface area contributed by atoms with Gasteiger partial charge in [0.15, 0.2) is 6.61 Å². The average molecular weight is 336 g/mol. The highest BCUT2D eigenvalue weighted by Gasteiger charge is 2.26. The van der Waals surface area contributed by atoms with E-state index in [1.165, 1.54) is 30.2 Å². The Bertz CT molecular complexity index is 637. The van der Waals surface area contributed by atoms with E-state index in [9.17, 15) is 19.5 Å². The molecular weight excluding hydrogens is 316 g/mol. The van der Waals surface area contributed by atoms with Crippen molar-refractivity contribution in [2.75, 3.05) is 26.8 Å². The van der Waals surface area contributed by atoms with Crippen LogP contribution in [0.1, 0.15) is 23.2 Å². The summed E-state index contributed by atoms with van der Waals surface area (Å²) in [7, 11) is 1.44. The van der Waals surface area contributed by atoms with Crippen molar-refractivity contribution in [2.45, 2.75) is 12.8 Å². The standard InChI is InChI=1S/C16H20N2O6/c1-23-11-2-3-12(13(19)8-11)16(22)24-9-14(20)18-6-4-10(5-7-18)15(17)21/h2-3,8,10,19H,4-7,9H2,1H3,(H2,17,21). The molecule has 8 nitrogen and oxygen atoms in total. The highest BCUT2D eigenvalue weighted by atomic mass is 16.5. The highest BCUT2D eigenvalue weighted by molar-refractivity contribution is 5.94. The number of benzene rings is 1. The molecule has 0 aromatic heterocycles. The molecule has 24 heavy (non-hydrogen) atoms. The van der Waals surface area contributed by atoms with Crippen molar-refractivity contribution in [2.24, 2.45) is 11.7 Å². The molecule has 8 heteroatoms. The van der Waals surface area contributed by atoms with Crippen molar-refractivity contribution in [3.63, 3.8) is 0 Å². The lowest BCUT2D eigenvalue weighted by Crippen LogP contribution is -2.43. The Morgan fingerprint density at radius 2 is 1.96 bits per heavy atom. The van der Waals surface area contributed by atoms with Crippen molar-refractivity contribution in [3.05, 3.63) is 23.8 Å². The Morgan fingerprint density at radius 3 is 2.50 bits per heavy atom. The van der Waals surface area contributed by atoms with Crippen LogP contribution in [0.2, 0.25) is 0 Å². The summed E-state index contributed by atoms with van der Waals surface area (Å²) in [5.41, 5.74) is 5.20. The van der Waals surface area contributed by atoms with Gasteiger partial charge in [-0.15, -0.1) is 0 Å². The van der Waals surface area contributed by atoms with E-state index < -0.39 is 12.6 Å². The number of rotatable bonds is 5. The molecule has 3 N–H and O–H groups in total. The first-order valence-electron chi connectivity index (χ1n) is 7.53. The Morgan fingerprint density at radius 1 is 1.29 bits per heavy atom. The normalized spacial score (nSPS) is 15.0. The third-order valence-corrected chi connectivity index (χ3v) is 4.00. The Labute approximate surface area is 139 Å². The number of methoxy groups -OCH3 is 1. The van der Waals surface area contributed by atoms with E-state index in [2.05, 4.69) is 0 Å². The highest BCUT2D eigenvalue weighted by Crippen LogP contribution is 2.24. The summed E-state index contributed by atoms with van der Waals surface area (Å²) in [6.45, 7) is 0.376. The quantitative estimate of drug-likeness (QED) is 0.746. The number of carbonyl (C=O) groups is 3. The van der Waals surface area contributed by atoms with Crippen LogP contribution < -0.4 is 10.5 Å². The van der Waals surface area contributed by atoms with Crippen LogP contribution in [0.3, 0.4) is 0 Å². The second-order valence-electron chi connectivity index (χ2n) is 5.52. The maximum Gasteiger partial charge on any atom is 0.342 e. The summed E-state index contributed by atoms with van der Waals surface area (Å²) in [6, 6.07) is 4.15. The molecule has 0 unspecified atom stereocenters. The molecule has 1 aromatic carbocycles. The van der Waals surface area contributed by atoms with Crippen LogP contribution in [-0.4, -0.2) is 54.6 Å². The number of phenolic OH excluding ortho intramolecular Hbond substituents is 1. The number of carbonyl (C=O) groups excluding carboxylic acids is 3. The van der Waals surface area contributed by atoms with Crippen molar-refractivity contribution in [1.29, 1.82) is 0 Å². The van der Waals surface area contributed by atoms with E-state index in [0.717, 1.165) is 0 Å². The second-order valence-corrected chi connectivity index (χ2v) is 5.52. The van der Waals surface area contributed by atoms with Gasteiger partial charge in [-0.25, -0.2) is 4.79 Å². The minimum atomic E-state index is -0.796. The molecule has 1 saturated heterocycles. The van der Waals surface area contributed by atoms with Gasteiger partial charge < -0.3 is 25.2 Å². The van der Waals surface area contributed by atoms with Crippen LogP contribution in [0.15, 0.2) is 18.2 Å². The number of esters is 1. The minimum absolute atomic E-state index is 0.0453. The predicted octanol–water partition coefficient (Wildman–Crippen LogP) is 0.281. The van der Waals surface area contributed by atoms with Gasteiger partial charge in [-0.2, -0.15) is 0 Å². The van der Waals surface area contributed by atoms with Gasteiger partial charge in [-0.3, -0.25) is 9.59 Å². The molecule has 1 aromatic rings. The number of piperidine rings is 1. The Balaban J connectivity index is 1.86. The zero-order chi connectivity index (χ0) is 17.7. The third-order valence-electron chi connectivity index (χ3n) is 4.00. The van der Waals surface area contributed by atoms with Gasteiger partial charge in [0.05, 0.1) is 7.11 Å². The summed E-state index contributed by atoms with van der Waals surface area (Å²) >= 11 is 0. The van der Waals surface area contributed by atoms with Gasteiger partial charge in [0, 0.05) is 25.1 Å². The van der Waals surface area contributed by atoms with Crippen LogP contribution in [0.4, 0.5) is 0 Å². The number of primary amides is 1. The number of hydrogen-bond donors (Lipinski definition) is 2. The van der Waals surface area contributed by atoms with Crippen LogP contribution in [0.25, 0.3) is 0 Å². The third kappa shape index (κ3) is 4.15. The molecule has 1 fully saturated rings. The number of hydrogen-bond acceptors (Lipinski definition) is 6. The van der Waals surface area contributed by atoms with Crippen molar-refractivity contribution < 1.29 is 29.0 Å². The molecule has 1 aliphatic heterocycles. The largest absolute Gasteiger partial charge is 0.507 e. The number of amides is 2. The molecule has 0 saturated carbocycles.